The monoisotopic (exact) mass is 537 g/mol. The third-order valence-electron chi connectivity index (χ3n) is 5.69. The standard InChI is InChI=1S/C26H20ClN3O4S2/c1-14-3-8-17(9-4-14)21-20(22(31)19-12-5-15(2)34-19)23(32)24(33)30(21)25-28-29-26(36-25)35-13-16-6-10-18(27)11-7-16/h3-12,21,32H,13H2,1-2H3. The number of carbonyl (C=O) groups is 2. The number of anilines is 1. The zero-order valence-electron chi connectivity index (χ0n) is 19.3. The normalized spacial score (nSPS) is 15.7. The summed E-state index contributed by atoms with van der Waals surface area (Å²) in [5.74, 6) is -0.631. The summed E-state index contributed by atoms with van der Waals surface area (Å²) in [6.07, 6.45) is 0. The van der Waals surface area contributed by atoms with Gasteiger partial charge in [-0.2, -0.15) is 0 Å². The molecule has 2 aromatic carbocycles. The first kappa shape index (κ1) is 24.3. The predicted molar refractivity (Wildman–Crippen MR) is 140 cm³/mol. The largest absolute Gasteiger partial charge is 0.503 e. The number of hydrogen-bond acceptors (Lipinski definition) is 8. The molecule has 1 N–H and O–H groups in total. The summed E-state index contributed by atoms with van der Waals surface area (Å²) >= 11 is 8.65. The van der Waals surface area contributed by atoms with E-state index in [1.165, 1.54) is 34.1 Å². The zero-order chi connectivity index (χ0) is 25.4. The molecule has 1 aliphatic rings. The van der Waals surface area contributed by atoms with Gasteiger partial charge in [0.25, 0.3) is 5.91 Å². The van der Waals surface area contributed by atoms with Crippen molar-refractivity contribution in [3.8, 4) is 0 Å². The number of rotatable bonds is 7. The summed E-state index contributed by atoms with van der Waals surface area (Å²) < 4.78 is 6.16. The number of amides is 1. The number of aromatic nitrogens is 2. The molecule has 1 aliphatic heterocycles. The molecule has 0 bridgehead atoms. The van der Waals surface area contributed by atoms with Gasteiger partial charge in [0.2, 0.25) is 10.9 Å². The minimum atomic E-state index is -0.877. The van der Waals surface area contributed by atoms with Crippen LogP contribution in [-0.4, -0.2) is 27.0 Å². The lowest BCUT2D eigenvalue weighted by Crippen LogP contribution is -2.31. The molecule has 0 aliphatic carbocycles. The lowest BCUT2D eigenvalue weighted by Gasteiger charge is -2.23. The Labute approximate surface area is 220 Å². The summed E-state index contributed by atoms with van der Waals surface area (Å²) in [6.45, 7) is 3.67. The van der Waals surface area contributed by atoms with Gasteiger partial charge in [-0.15, -0.1) is 10.2 Å². The van der Waals surface area contributed by atoms with Crippen LogP contribution in [0.5, 0.6) is 0 Å². The molecule has 36 heavy (non-hydrogen) atoms. The van der Waals surface area contributed by atoms with Crippen molar-refractivity contribution < 1.29 is 19.1 Å². The van der Waals surface area contributed by atoms with Gasteiger partial charge in [0.05, 0.1) is 11.6 Å². The van der Waals surface area contributed by atoms with Gasteiger partial charge in [0.1, 0.15) is 5.76 Å². The zero-order valence-corrected chi connectivity index (χ0v) is 21.7. The Kier molecular flexibility index (Phi) is 6.70. The van der Waals surface area contributed by atoms with E-state index in [-0.39, 0.29) is 16.5 Å². The maximum atomic E-state index is 13.4. The van der Waals surface area contributed by atoms with Crippen LogP contribution >= 0.6 is 34.7 Å². The van der Waals surface area contributed by atoms with E-state index in [2.05, 4.69) is 10.2 Å². The highest BCUT2D eigenvalue weighted by atomic mass is 35.5. The minimum Gasteiger partial charge on any atom is -0.503 e. The third-order valence-corrected chi connectivity index (χ3v) is 8.07. The van der Waals surface area contributed by atoms with Crippen molar-refractivity contribution in [3.63, 3.8) is 0 Å². The number of ketones is 1. The van der Waals surface area contributed by atoms with Gasteiger partial charge in [-0.1, -0.05) is 76.7 Å². The Balaban J connectivity index is 1.48. The van der Waals surface area contributed by atoms with Crippen molar-refractivity contribution in [2.75, 3.05) is 4.90 Å². The molecule has 0 saturated heterocycles. The first-order valence-electron chi connectivity index (χ1n) is 11.0. The van der Waals surface area contributed by atoms with Gasteiger partial charge in [-0.05, 0) is 49.2 Å². The lowest BCUT2D eigenvalue weighted by molar-refractivity contribution is -0.117. The summed E-state index contributed by atoms with van der Waals surface area (Å²) in [4.78, 5) is 28.0. The minimum absolute atomic E-state index is 0.0521. The molecule has 182 valence electrons. The van der Waals surface area contributed by atoms with Crippen molar-refractivity contribution in [2.24, 2.45) is 0 Å². The number of nitrogens with zero attached hydrogens (tertiary/aromatic N) is 3. The number of carbonyl (C=O) groups excluding carboxylic acids is 2. The van der Waals surface area contributed by atoms with E-state index in [1.807, 2.05) is 55.5 Å². The fraction of sp³-hybridized carbons (Fsp3) is 0.154. The van der Waals surface area contributed by atoms with Crippen LogP contribution in [0, 0.1) is 13.8 Å². The molecule has 0 radical (unpaired) electrons. The summed E-state index contributed by atoms with van der Waals surface area (Å²) in [5, 5.41) is 20.3. The van der Waals surface area contributed by atoms with Crippen LogP contribution in [0.3, 0.4) is 0 Å². The quantitative estimate of drug-likeness (QED) is 0.164. The Morgan fingerprint density at radius 1 is 1.08 bits per heavy atom. The number of benzene rings is 2. The molecule has 0 spiro atoms. The topological polar surface area (TPSA) is 96.5 Å². The highest BCUT2D eigenvalue weighted by molar-refractivity contribution is 8.00. The van der Waals surface area contributed by atoms with E-state index < -0.39 is 23.5 Å². The highest BCUT2D eigenvalue weighted by Crippen LogP contribution is 2.44. The fourth-order valence-electron chi connectivity index (χ4n) is 3.87. The molecule has 2 aromatic heterocycles. The third kappa shape index (κ3) is 4.69. The van der Waals surface area contributed by atoms with E-state index in [0.29, 0.717) is 26.4 Å². The number of furan rings is 1. The summed E-state index contributed by atoms with van der Waals surface area (Å²) in [7, 11) is 0. The van der Waals surface area contributed by atoms with Gasteiger partial charge in [0.15, 0.2) is 15.9 Å². The van der Waals surface area contributed by atoms with Gasteiger partial charge in [-0.3, -0.25) is 14.5 Å². The van der Waals surface area contributed by atoms with Gasteiger partial charge in [0, 0.05) is 10.8 Å². The number of aliphatic hydroxyl groups excluding tert-OH is 1. The molecular weight excluding hydrogens is 518 g/mol. The van der Waals surface area contributed by atoms with Crippen LogP contribution in [0.15, 0.2) is 80.8 Å². The highest BCUT2D eigenvalue weighted by Gasteiger charge is 2.46. The molecule has 7 nitrogen and oxygen atoms in total. The van der Waals surface area contributed by atoms with Crippen LogP contribution < -0.4 is 4.90 Å². The molecule has 1 unspecified atom stereocenters. The van der Waals surface area contributed by atoms with Crippen LogP contribution in [0.1, 0.15) is 39.0 Å². The first-order valence-corrected chi connectivity index (χ1v) is 13.1. The Hall–Kier alpha value is -3.40. The van der Waals surface area contributed by atoms with Gasteiger partial charge < -0.3 is 9.52 Å². The average Bonchev–Trinajstić information content (AvgIpc) is 3.58. The fourth-order valence-corrected chi connectivity index (χ4v) is 5.82. The summed E-state index contributed by atoms with van der Waals surface area (Å²) in [5.41, 5.74) is 2.70. The molecule has 3 heterocycles. The number of halogens is 1. The van der Waals surface area contributed by atoms with Crippen molar-refractivity contribution in [1.29, 1.82) is 0 Å². The number of aryl methyl sites for hydroxylation is 2. The number of aliphatic hydroxyl groups is 1. The van der Waals surface area contributed by atoms with Crippen molar-refractivity contribution in [1.82, 2.24) is 10.2 Å². The maximum Gasteiger partial charge on any atom is 0.296 e. The first-order chi connectivity index (χ1) is 17.3. The predicted octanol–water partition coefficient (Wildman–Crippen LogP) is 6.48. The van der Waals surface area contributed by atoms with Gasteiger partial charge >= 0.3 is 0 Å². The molecule has 10 heteroatoms. The Morgan fingerprint density at radius 3 is 2.47 bits per heavy atom. The molecular formula is C26H20ClN3O4S2. The smallest absolute Gasteiger partial charge is 0.296 e. The van der Waals surface area contributed by atoms with Crippen molar-refractivity contribution in [2.45, 2.75) is 30.0 Å². The molecule has 5 rings (SSSR count). The second-order valence-electron chi connectivity index (χ2n) is 8.26. The number of thioether (sulfide) groups is 1. The van der Waals surface area contributed by atoms with E-state index >= 15 is 0 Å². The lowest BCUT2D eigenvalue weighted by atomic mass is 9.95. The Morgan fingerprint density at radius 2 is 1.81 bits per heavy atom. The molecule has 4 aromatic rings. The van der Waals surface area contributed by atoms with Crippen molar-refractivity contribution in [3.05, 3.63) is 105 Å². The molecule has 0 fully saturated rings. The van der Waals surface area contributed by atoms with Crippen LogP contribution in [0.4, 0.5) is 5.13 Å². The van der Waals surface area contributed by atoms with Crippen LogP contribution in [-0.2, 0) is 10.5 Å². The Bertz CT molecular complexity index is 1480. The number of Topliss-reactive ketones (excluding diaryl/α,β-unsaturated/α-hetero) is 1. The van der Waals surface area contributed by atoms with E-state index in [4.69, 9.17) is 16.0 Å². The maximum absolute atomic E-state index is 13.4. The van der Waals surface area contributed by atoms with Crippen LogP contribution in [0.25, 0.3) is 0 Å². The second kappa shape index (κ2) is 9.93. The SMILES string of the molecule is Cc1ccc(C2C(C(=O)c3ccc(C)o3)=C(O)C(=O)N2c2nnc(SCc3ccc(Cl)cc3)s2)cc1. The second-order valence-corrected chi connectivity index (χ2v) is 10.9. The molecule has 1 amide bonds. The average molecular weight is 538 g/mol. The van der Waals surface area contributed by atoms with Gasteiger partial charge in [-0.25, -0.2) is 0 Å². The molecule has 1 atom stereocenters. The van der Waals surface area contributed by atoms with E-state index in [1.54, 1.807) is 13.0 Å². The number of hydrogen-bond donors (Lipinski definition) is 1. The molecule has 0 saturated carbocycles. The van der Waals surface area contributed by atoms with Crippen LogP contribution in [0.2, 0.25) is 5.02 Å². The van der Waals surface area contributed by atoms with E-state index in [0.717, 1.165) is 11.1 Å². The summed E-state index contributed by atoms with van der Waals surface area (Å²) in [6, 6.07) is 17.3. The van der Waals surface area contributed by atoms with E-state index in [9.17, 15) is 14.7 Å². The van der Waals surface area contributed by atoms with Crippen molar-refractivity contribution >= 4 is 51.5 Å².